The number of nitrogens with two attached hydrogens (primary N) is 1. The minimum absolute atomic E-state index is 0.0821. The molecule has 100 valence electrons. The molecule has 2 N–H and O–H groups in total. The SMILES string of the molecule is COc1ccccc1CC(N)C(C)c1ccccc1. The zero-order valence-corrected chi connectivity index (χ0v) is 11.5. The third-order valence-electron chi connectivity index (χ3n) is 3.62. The van der Waals surface area contributed by atoms with E-state index < -0.39 is 0 Å². The first-order valence-corrected chi connectivity index (χ1v) is 6.64. The van der Waals surface area contributed by atoms with Crippen molar-refractivity contribution in [1.29, 1.82) is 0 Å². The summed E-state index contributed by atoms with van der Waals surface area (Å²) in [5.41, 5.74) is 8.80. The molecule has 0 heterocycles. The molecule has 0 saturated carbocycles. The van der Waals surface area contributed by atoms with Crippen molar-refractivity contribution < 1.29 is 4.74 Å². The Balaban J connectivity index is 2.10. The zero-order chi connectivity index (χ0) is 13.7. The van der Waals surface area contributed by atoms with E-state index in [1.165, 1.54) is 11.1 Å². The number of para-hydroxylation sites is 1. The van der Waals surface area contributed by atoms with Gasteiger partial charge in [-0.05, 0) is 29.5 Å². The summed E-state index contributed by atoms with van der Waals surface area (Å²) in [6.07, 6.45) is 0.820. The molecule has 2 unspecified atom stereocenters. The molecule has 2 aromatic carbocycles. The van der Waals surface area contributed by atoms with Gasteiger partial charge in [0, 0.05) is 6.04 Å². The van der Waals surface area contributed by atoms with Crippen molar-refractivity contribution in [3.05, 3.63) is 65.7 Å². The highest BCUT2D eigenvalue weighted by Gasteiger charge is 2.16. The van der Waals surface area contributed by atoms with Crippen molar-refractivity contribution in [3.63, 3.8) is 0 Å². The van der Waals surface area contributed by atoms with Crippen LogP contribution in [-0.4, -0.2) is 13.2 Å². The van der Waals surface area contributed by atoms with Crippen molar-refractivity contribution in [2.24, 2.45) is 5.73 Å². The second kappa shape index (κ2) is 6.39. The monoisotopic (exact) mass is 255 g/mol. The van der Waals surface area contributed by atoms with E-state index in [1.807, 2.05) is 24.3 Å². The zero-order valence-electron chi connectivity index (χ0n) is 11.5. The normalized spacial score (nSPS) is 13.8. The van der Waals surface area contributed by atoms with E-state index in [2.05, 4.69) is 37.3 Å². The molecule has 2 nitrogen and oxygen atoms in total. The largest absolute Gasteiger partial charge is 0.496 e. The van der Waals surface area contributed by atoms with Gasteiger partial charge < -0.3 is 10.5 Å². The fourth-order valence-corrected chi connectivity index (χ4v) is 2.31. The Morgan fingerprint density at radius 2 is 1.63 bits per heavy atom. The number of methoxy groups -OCH3 is 1. The Morgan fingerprint density at radius 1 is 1.00 bits per heavy atom. The van der Waals surface area contributed by atoms with Crippen LogP contribution in [0.25, 0.3) is 0 Å². The van der Waals surface area contributed by atoms with Crippen LogP contribution in [0.3, 0.4) is 0 Å². The maximum absolute atomic E-state index is 6.35. The highest BCUT2D eigenvalue weighted by atomic mass is 16.5. The molecule has 0 aromatic heterocycles. The number of benzene rings is 2. The lowest BCUT2D eigenvalue weighted by Gasteiger charge is -2.21. The number of hydrogen-bond acceptors (Lipinski definition) is 2. The van der Waals surface area contributed by atoms with Gasteiger partial charge in [0.05, 0.1) is 7.11 Å². The molecule has 2 heteroatoms. The van der Waals surface area contributed by atoms with Crippen LogP contribution in [0.2, 0.25) is 0 Å². The minimum atomic E-state index is 0.0821. The highest BCUT2D eigenvalue weighted by molar-refractivity contribution is 5.34. The lowest BCUT2D eigenvalue weighted by atomic mass is 9.89. The third kappa shape index (κ3) is 3.36. The Bertz CT molecular complexity index is 510. The van der Waals surface area contributed by atoms with E-state index >= 15 is 0 Å². The molecule has 0 amide bonds. The Hall–Kier alpha value is -1.80. The fourth-order valence-electron chi connectivity index (χ4n) is 2.31. The molecular weight excluding hydrogens is 234 g/mol. The predicted octanol–water partition coefficient (Wildman–Crippen LogP) is 3.37. The van der Waals surface area contributed by atoms with Crippen LogP contribution in [0.5, 0.6) is 5.75 Å². The van der Waals surface area contributed by atoms with Crippen LogP contribution >= 0.6 is 0 Å². The first kappa shape index (κ1) is 13.6. The van der Waals surface area contributed by atoms with Gasteiger partial charge in [0.2, 0.25) is 0 Å². The van der Waals surface area contributed by atoms with Gasteiger partial charge in [-0.15, -0.1) is 0 Å². The van der Waals surface area contributed by atoms with E-state index in [4.69, 9.17) is 10.5 Å². The van der Waals surface area contributed by atoms with Crippen LogP contribution in [0.1, 0.15) is 24.0 Å². The molecule has 0 aliphatic heterocycles. The summed E-state index contributed by atoms with van der Waals surface area (Å²) >= 11 is 0. The third-order valence-corrected chi connectivity index (χ3v) is 3.62. The first-order chi connectivity index (χ1) is 9.22. The van der Waals surface area contributed by atoms with Gasteiger partial charge in [0.1, 0.15) is 5.75 Å². The summed E-state index contributed by atoms with van der Waals surface area (Å²) in [4.78, 5) is 0. The maximum atomic E-state index is 6.35. The molecule has 0 aliphatic rings. The molecule has 0 bridgehead atoms. The second-order valence-electron chi connectivity index (χ2n) is 4.88. The number of rotatable bonds is 5. The summed E-state index contributed by atoms with van der Waals surface area (Å²) in [6, 6.07) is 18.6. The Kier molecular flexibility index (Phi) is 4.58. The molecule has 0 spiro atoms. The topological polar surface area (TPSA) is 35.2 Å². The van der Waals surface area contributed by atoms with Gasteiger partial charge in [-0.3, -0.25) is 0 Å². The summed E-state index contributed by atoms with van der Waals surface area (Å²) < 4.78 is 5.38. The molecule has 2 aromatic rings. The van der Waals surface area contributed by atoms with E-state index in [1.54, 1.807) is 7.11 Å². The fraction of sp³-hybridized carbons (Fsp3) is 0.294. The standard InChI is InChI=1S/C17H21NO/c1-13(14-8-4-3-5-9-14)16(18)12-15-10-6-7-11-17(15)19-2/h3-11,13,16H,12,18H2,1-2H3. The summed E-state index contributed by atoms with van der Waals surface area (Å²) in [6.45, 7) is 2.18. The molecule has 19 heavy (non-hydrogen) atoms. The van der Waals surface area contributed by atoms with E-state index in [0.29, 0.717) is 5.92 Å². The van der Waals surface area contributed by atoms with Crippen molar-refractivity contribution in [2.75, 3.05) is 7.11 Å². The molecule has 0 aliphatic carbocycles. The van der Waals surface area contributed by atoms with Crippen LogP contribution in [0.15, 0.2) is 54.6 Å². The first-order valence-electron chi connectivity index (χ1n) is 6.64. The van der Waals surface area contributed by atoms with Crippen molar-refractivity contribution >= 4 is 0 Å². The van der Waals surface area contributed by atoms with Gasteiger partial charge in [-0.2, -0.15) is 0 Å². The maximum Gasteiger partial charge on any atom is 0.122 e. The number of hydrogen-bond donors (Lipinski definition) is 1. The average Bonchev–Trinajstić information content (AvgIpc) is 2.48. The van der Waals surface area contributed by atoms with Gasteiger partial charge >= 0.3 is 0 Å². The van der Waals surface area contributed by atoms with E-state index in [0.717, 1.165) is 12.2 Å². The highest BCUT2D eigenvalue weighted by Crippen LogP contribution is 2.24. The van der Waals surface area contributed by atoms with Crippen LogP contribution in [-0.2, 0) is 6.42 Å². The molecular formula is C17H21NO. The predicted molar refractivity (Wildman–Crippen MR) is 79.5 cm³/mol. The molecule has 2 rings (SSSR count). The van der Waals surface area contributed by atoms with Crippen LogP contribution in [0.4, 0.5) is 0 Å². The lowest BCUT2D eigenvalue weighted by Crippen LogP contribution is -2.29. The number of ether oxygens (including phenoxy) is 1. The summed E-state index contributed by atoms with van der Waals surface area (Å²) in [5.74, 6) is 1.24. The van der Waals surface area contributed by atoms with Gasteiger partial charge in [0.25, 0.3) is 0 Å². The molecule has 0 radical (unpaired) electrons. The van der Waals surface area contributed by atoms with Crippen LogP contribution in [0, 0.1) is 0 Å². The Labute approximate surface area is 115 Å². The quantitative estimate of drug-likeness (QED) is 0.889. The van der Waals surface area contributed by atoms with Crippen molar-refractivity contribution in [3.8, 4) is 5.75 Å². The second-order valence-corrected chi connectivity index (χ2v) is 4.88. The van der Waals surface area contributed by atoms with Crippen molar-refractivity contribution in [1.82, 2.24) is 0 Å². The van der Waals surface area contributed by atoms with Gasteiger partial charge in [-0.1, -0.05) is 55.5 Å². The van der Waals surface area contributed by atoms with Gasteiger partial charge in [-0.25, -0.2) is 0 Å². The molecule has 0 fully saturated rings. The summed E-state index contributed by atoms with van der Waals surface area (Å²) in [5, 5.41) is 0. The molecule has 0 saturated heterocycles. The van der Waals surface area contributed by atoms with E-state index in [-0.39, 0.29) is 6.04 Å². The van der Waals surface area contributed by atoms with Gasteiger partial charge in [0.15, 0.2) is 0 Å². The van der Waals surface area contributed by atoms with E-state index in [9.17, 15) is 0 Å². The summed E-state index contributed by atoms with van der Waals surface area (Å²) in [7, 11) is 1.70. The van der Waals surface area contributed by atoms with Crippen LogP contribution < -0.4 is 10.5 Å². The minimum Gasteiger partial charge on any atom is -0.496 e. The Morgan fingerprint density at radius 3 is 2.32 bits per heavy atom. The van der Waals surface area contributed by atoms with Crippen molar-refractivity contribution in [2.45, 2.75) is 25.3 Å². The molecule has 2 atom stereocenters. The smallest absolute Gasteiger partial charge is 0.122 e. The lowest BCUT2D eigenvalue weighted by molar-refractivity contribution is 0.406. The average molecular weight is 255 g/mol.